The molecule has 1 aliphatic carbocycles. The van der Waals surface area contributed by atoms with E-state index in [0.29, 0.717) is 6.54 Å². The smallest absolute Gasteiger partial charge is 0.0713 e. The number of fused-ring (bicyclic) bond motifs is 3. The van der Waals surface area contributed by atoms with Crippen LogP contribution in [0.1, 0.15) is 27.8 Å². The van der Waals surface area contributed by atoms with Crippen LogP contribution in [0.5, 0.6) is 0 Å². The Morgan fingerprint density at radius 2 is 1.11 bits per heavy atom. The summed E-state index contributed by atoms with van der Waals surface area (Å²) in [4.78, 5) is 0. The van der Waals surface area contributed by atoms with Crippen molar-refractivity contribution in [1.29, 1.82) is 0 Å². The van der Waals surface area contributed by atoms with Crippen LogP contribution in [0.25, 0.3) is 11.1 Å². The van der Waals surface area contributed by atoms with Crippen LogP contribution in [0, 0.1) is 0 Å². The SMILES string of the molecule is NCc1cccc2c1-c1ccccc1C2(c1ccccc1)c1ccccc1. The van der Waals surface area contributed by atoms with E-state index in [9.17, 15) is 0 Å². The number of rotatable bonds is 3. The van der Waals surface area contributed by atoms with Gasteiger partial charge in [-0.1, -0.05) is 103 Å². The lowest BCUT2D eigenvalue weighted by Gasteiger charge is -2.33. The van der Waals surface area contributed by atoms with Gasteiger partial charge in [0.2, 0.25) is 0 Å². The minimum atomic E-state index is -0.320. The van der Waals surface area contributed by atoms with E-state index < -0.39 is 0 Å². The summed E-state index contributed by atoms with van der Waals surface area (Å²) in [7, 11) is 0. The van der Waals surface area contributed by atoms with Gasteiger partial charge in [-0.3, -0.25) is 0 Å². The highest BCUT2D eigenvalue weighted by Gasteiger charge is 2.46. The topological polar surface area (TPSA) is 26.0 Å². The minimum absolute atomic E-state index is 0.320. The van der Waals surface area contributed by atoms with E-state index in [0.717, 1.165) is 0 Å². The molecule has 1 heteroatoms. The van der Waals surface area contributed by atoms with Crippen LogP contribution >= 0.6 is 0 Å². The Kier molecular flexibility index (Phi) is 3.70. The van der Waals surface area contributed by atoms with Crippen molar-refractivity contribution in [2.45, 2.75) is 12.0 Å². The molecule has 0 aliphatic heterocycles. The molecule has 0 bridgehead atoms. The molecule has 0 fully saturated rings. The maximum absolute atomic E-state index is 6.15. The normalized spacial score (nSPS) is 13.8. The lowest BCUT2D eigenvalue weighted by Crippen LogP contribution is -2.28. The first-order chi connectivity index (χ1) is 13.4. The molecule has 0 amide bonds. The monoisotopic (exact) mass is 347 g/mol. The van der Waals surface area contributed by atoms with Gasteiger partial charge in [0.15, 0.2) is 0 Å². The zero-order chi connectivity index (χ0) is 18.3. The van der Waals surface area contributed by atoms with Gasteiger partial charge in [0, 0.05) is 6.54 Å². The third-order valence-corrected chi connectivity index (χ3v) is 5.79. The van der Waals surface area contributed by atoms with Crippen LogP contribution in [0.15, 0.2) is 103 Å². The first-order valence-corrected chi connectivity index (χ1v) is 9.40. The van der Waals surface area contributed by atoms with Crippen LogP contribution in [0.4, 0.5) is 0 Å². The summed E-state index contributed by atoms with van der Waals surface area (Å²) in [6.07, 6.45) is 0. The zero-order valence-electron chi connectivity index (χ0n) is 15.1. The van der Waals surface area contributed by atoms with Crippen LogP contribution < -0.4 is 5.73 Å². The second-order valence-electron chi connectivity index (χ2n) is 7.07. The molecule has 5 rings (SSSR count). The van der Waals surface area contributed by atoms with Crippen molar-refractivity contribution in [3.05, 3.63) is 131 Å². The summed E-state index contributed by atoms with van der Waals surface area (Å²) < 4.78 is 0. The van der Waals surface area contributed by atoms with E-state index in [2.05, 4.69) is 103 Å². The van der Waals surface area contributed by atoms with Crippen LogP contribution in [-0.4, -0.2) is 0 Å². The highest BCUT2D eigenvalue weighted by molar-refractivity contribution is 5.88. The van der Waals surface area contributed by atoms with E-state index in [-0.39, 0.29) is 5.41 Å². The fraction of sp³-hybridized carbons (Fsp3) is 0.0769. The predicted molar refractivity (Wildman–Crippen MR) is 112 cm³/mol. The zero-order valence-corrected chi connectivity index (χ0v) is 15.1. The molecule has 0 heterocycles. The van der Waals surface area contributed by atoms with Crippen molar-refractivity contribution in [3.8, 4) is 11.1 Å². The van der Waals surface area contributed by atoms with Gasteiger partial charge in [0.05, 0.1) is 5.41 Å². The first kappa shape index (κ1) is 16.0. The number of hydrogen-bond acceptors (Lipinski definition) is 1. The first-order valence-electron chi connectivity index (χ1n) is 9.40. The Morgan fingerprint density at radius 1 is 0.556 bits per heavy atom. The second kappa shape index (κ2) is 6.22. The van der Waals surface area contributed by atoms with E-state index in [4.69, 9.17) is 5.73 Å². The van der Waals surface area contributed by atoms with Gasteiger partial charge >= 0.3 is 0 Å². The highest BCUT2D eigenvalue weighted by Crippen LogP contribution is 2.56. The lowest BCUT2D eigenvalue weighted by molar-refractivity contribution is 0.767. The summed E-state index contributed by atoms with van der Waals surface area (Å²) in [6.45, 7) is 0.539. The van der Waals surface area contributed by atoms with Crippen molar-refractivity contribution in [1.82, 2.24) is 0 Å². The Bertz CT molecular complexity index is 1060. The maximum Gasteiger partial charge on any atom is 0.0713 e. The van der Waals surface area contributed by atoms with Crippen molar-refractivity contribution in [2.75, 3.05) is 0 Å². The molecule has 4 aromatic carbocycles. The molecule has 0 saturated carbocycles. The minimum Gasteiger partial charge on any atom is -0.326 e. The van der Waals surface area contributed by atoms with Crippen molar-refractivity contribution < 1.29 is 0 Å². The number of nitrogens with two attached hydrogens (primary N) is 1. The Hall–Kier alpha value is -3.16. The summed E-state index contributed by atoms with van der Waals surface area (Å²) in [5, 5.41) is 0. The third-order valence-electron chi connectivity index (χ3n) is 5.79. The molecule has 27 heavy (non-hydrogen) atoms. The van der Waals surface area contributed by atoms with E-state index in [1.165, 1.54) is 38.9 Å². The molecule has 130 valence electrons. The van der Waals surface area contributed by atoms with Gasteiger partial charge in [-0.15, -0.1) is 0 Å². The third kappa shape index (κ3) is 2.16. The molecule has 0 unspecified atom stereocenters. The van der Waals surface area contributed by atoms with Gasteiger partial charge in [0.25, 0.3) is 0 Å². The Balaban J connectivity index is 1.99. The fourth-order valence-corrected chi connectivity index (χ4v) is 4.74. The largest absolute Gasteiger partial charge is 0.326 e. The molecule has 1 nitrogen and oxygen atoms in total. The molecule has 4 aromatic rings. The van der Waals surface area contributed by atoms with Crippen molar-refractivity contribution in [3.63, 3.8) is 0 Å². The van der Waals surface area contributed by atoms with Gasteiger partial charge in [-0.25, -0.2) is 0 Å². The number of benzene rings is 4. The van der Waals surface area contributed by atoms with Crippen LogP contribution in [0.2, 0.25) is 0 Å². The number of hydrogen-bond donors (Lipinski definition) is 1. The van der Waals surface area contributed by atoms with Crippen LogP contribution in [-0.2, 0) is 12.0 Å². The summed E-state index contributed by atoms with van der Waals surface area (Å²) >= 11 is 0. The molecule has 0 saturated heterocycles. The standard InChI is InChI=1S/C26H21N/c27-18-19-10-9-17-24-25(19)22-15-7-8-16-23(22)26(24,20-11-3-1-4-12-20)21-13-5-2-6-14-21/h1-17H,18,27H2. The second-order valence-corrected chi connectivity index (χ2v) is 7.07. The average molecular weight is 347 g/mol. The Morgan fingerprint density at radius 3 is 1.74 bits per heavy atom. The van der Waals surface area contributed by atoms with E-state index in [1.807, 2.05) is 0 Å². The predicted octanol–water partition coefficient (Wildman–Crippen LogP) is 5.51. The molecule has 0 aromatic heterocycles. The summed E-state index contributed by atoms with van der Waals surface area (Å²) in [6, 6.07) is 37.0. The van der Waals surface area contributed by atoms with Gasteiger partial charge in [0.1, 0.15) is 0 Å². The van der Waals surface area contributed by atoms with E-state index in [1.54, 1.807) is 0 Å². The highest BCUT2D eigenvalue weighted by atomic mass is 14.5. The summed E-state index contributed by atoms with van der Waals surface area (Å²) in [5.41, 5.74) is 14.8. The van der Waals surface area contributed by atoms with Crippen LogP contribution in [0.3, 0.4) is 0 Å². The van der Waals surface area contributed by atoms with Gasteiger partial charge < -0.3 is 5.73 Å². The molecule has 1 aliphatic rings. The summed E-state index contributed by atoms with van der Waals surface area (Å²) in [5.74, 6) is 0. The molecule has 0 spiro atoms. The molecule has 0 atom stereocenters. The van der Waals surface area contributed by atoms with E-state index >= 15 is 0 Å². The van der Waals surface area contributed by atoms with Crippen molar-refractivity contribution in [2.24, 2.45) is 5.73 Å². The molecule has 2 N–H and O–H groups in total. The molecule has 0 radical (unpaired) electrons. The molecular formula is C26H21N. The average Bonchev–Trinajstić information content (AvgIpc) is 3.06. The maximum atomic E-state index is 6.15. The quantitative estimate of drug-likeness (QED) is 0.458. The van der Waals surface area contributed by atoms with Crippen molar-refractivity contribution >= 4 is 0 Å². The molecular weight excluding hydrogens is 326 g/mol. The fourth-order valence-electron chi connectivity index (χ4n) is 4.74. The van der Waals surface area contributed by atoms with Gasteiger partial charge in [-0.2, -0.15) is 0 Å². The lowest BCUT2D eigenvalue weighted by atomic mass is 9.67. The van der Waals surface area contributed by atoms with Gasteiger partial charge in [-0.05, 0) is 38.9 Å². The Labute approximate surface area is 160 Å².